The molecule has 0 atom stereocenters. The van der Waals surface area contributed by atoms with Gasteiger partial charge in [0.2, 0.25) is 5.91 Å². The second-order valence-corrected chi connectivity index (χ2v) is 5.76. The number of hydrogen-bond acceptors (Lipinski definition) is 4. The fraction of sp³-hybridized carbons (Fsp3) is 0.462. The van der Waals surface area contributed by atoms with Crippen LogP contribution in [0.4, 0.5) is 0 Å². The molecule has 1 N–H and O–H groups in total. The molecule has 0 aliphatic carbocycles. The molecule has 1 saturated heterocycles. The highest BCUT2D eigenvalue weighted by Crippen LogP contribution is 2.26. The van der Waals surface area contributed by atoms with E-state index in [1.807, 2.05) is 4.90 Å². The zero-order valence-electron chi connectivity index (χ0n) is 11.4. The van der Waals surface area contributed by atoms with E-state index in [1.165, 1.54) is 0 Å². The molecule has 2 aromatic rings. The van der Waals surface area contributed by atoms with Crippen molar-refractivity contribution in [1.29, 1.82) is 0 Å². The molecular weight excluding hydrogens is 313 g/mol. The van der Waals surface area contributed by atoms with E-state index in [1.54, 1.807) is 16.8 Å². The Bertz CT molecular complexity index is 666. The largest absolute Gasteiger partial charge is 0.340 e. The highest BCUT2D eigenvalue weighted by Gasteiger charge is 2.16. The summed E-state index contributed by atoms with van der Waals surface area (Å²) in [5, 5.41) is 12.2. The van der Waals surface area contributed by atoms with Crippen LogP contribution in [0.2, 0.25) is 10.0 Å². The van der Waals surface area contributed by atoms with Crippen LogP contribution in [-0.4, -0.2) is 52.0 Å². The van der Waals surface area contributed by atoms with Crippen LogP contribution < -0.4 is 5.32 Å². The predicted octanol–water partition coefficient (Wildman–Crippen LogP) is 1.56. The molecule has 3 rings (SSSR count). The number of carbonyl (C=O) groups is 1. The zero-order chi connectivity index (χ0) is 14.8. The number of piperazine rings is 1. The summed E-state index contributed by atoms with van der Waals surface area (Å²) < 4.78 is 1.69. The van der Waals surface area contributed by atoms with Gasteiger partial charge in [-0.3, -0.25) is 4.79 Å². The Hall–Kier alpha value is -1.37. The lowest BCUT2D eigenvalue weighted by Gasteiger charge is -2.27. The van der Waals surface area contributed by atoms with Crippen LogP contribution in [0.1, 0.15) is 6.42 Å². The number of aryl methyl sites for hydroxylation is 1. The number of nitrogens with one attached hydrogen (secondary N) is 1. The summed E-state index contributed by atoms with van der Waals surface area (Å²) in [5.74, 6) is 0.139. The number of aromatic nitrogens is 3. The van der Waals surface area contributed by atoms with Gasteiger partial charge in [0.05, 0.1) is 22.1 Å². The van der Waals surface area contributed by atoms with Crippen molar-refractivity contribution < 1.29 is 4.79 Å². The third kappa shape index (κ3) is 3.12. The number of halogens is 2. The number of hydrogen-bond donors (Lipinski definition) is 1. The van der Waals surface area contributed by atoms with Crippen molar-refractivity contribution in [2.75, 3.05) is 26.2 Å². The second-order valence-electron chi connectivity index (χ2n) is 4.95. The lowest BCUT2D eigenvalue weighted by atomic mass is 10.3. The summed E-state index contributed by atoms with van der Waals surface area (Å²) >= 11 is 12.0. The first kappa shape index (κ1) is 14.6. The van der Waals surface area contributed by atoms with Crippen molar-refractivity contribution in [2.24, 2.45) is 0 Å². The maximum Gasteiger partial charge on any atom is 0.224 e. The number of nitrogens with zero attached hydrogens (tertiary/aromatic N) is 4. The first-order chi connectivity index (χ1) is 10.1. The first-order valence-electron chi connectivity index (χ1n) is 6.82. The van der Waals surface area contributed by atoms with Gasteiger partial charge in [-0.05, 0) is 12.1 Å². The lowest BCUT2D eigenvalue weighted by molar-refractivity contribution is -0.132. The van der Waals surface area contributed by atoms with E-state index in [4.69, 9.17) is 23.2 Å². The summed E-state index contributed by atoms with van der Waals surface area (Å²) in [7, 11) is 0. The van der Waals surface area contributed by atoms with E-state index in [2.05, 4.69) is 15.6 Å². The monoisotopic (exact) mass is 327 g/mol. The molecule has 0 saturated carbocycles. The molecule has 1 fully saturated rings. The van der Waals surface area contributed by atoms with Crippen LogP contribution in [-0.2, 0) is 11.3 Å². The van der Waals surface area contributed by atoms with Gasteiger partial charge in [-0.2, -0.15) is 0 Å². The molecule has 1 aliphatic heterocycles. The first-order valence-corrected chi connectivity index (χ1v) is 7.57. The molecule has 0 unspecified atom stereocenters. The SMILES string of the molecule is O=C(CCn1nnc2cc(Cl)c(Cl)cc21)N1CCNCC1. The van der Waals surface area contributed by atoms with Crippen molar-refractivity contribution in [1.82, 2.24) is 25.2 Å². The lowest BCUT2D eigenvalue weighted by Crippen LogP contribution is -2.46. The molecule has 1 amide bonds. The van der Waals surface area contributed by atoms with Crippen molar-refractivity contribution in [3.8, 4) is 0 Å². The third-order valence-corrected chi connectivity index (χ3v) is 4.29. The Morgan fingerprint density at radius 3 is 2.71 bits per heavy atom. The van der Waals surface area contributed by atoms with Gasteiger partial charge >= 0.3 is 0 Å². The van der Waals surface area contributed by atoms with Gasteiger partial charge in [-0.15, -0.1) is 5.10 Å². The fourth-order valence-electron chi connectivity index (χ4n) is 2.40. The summed E-state index contributed by atoms with van der Waals surface area (Å²) in [6.07, 6.45) is 0.401. The number of rotatable bonds is 3. The van der Waals surface area contributed by atoms with E-state index in [0.717, 1.165) is 31.7 Å². The van der Waals surface area contributed by atoms with E-state index in [0.29, 0.717) is 28.5 Å². The minimum atomic E-state index is 0.139. The molecule has 1 aromatic carbocycles. The number of amides is 1. The Kier molecular flexibility index (Phi) is 4.28. The van der Waals surface area contributed by atoms with Crippen molar-refractivity contribution >= 4 is 40.1 Å². The van der Waals surface area contributed by atoms with Gasteiger partial charge in [0, 0.05) is 32.6 Å². The van der Waals surface area contributed by atoms with Gasteiger partial charge in [-0.1, -0.05) is 28.4 Å². The minimum Gasteiger partial charge on any atom is -0.340 e. The van der Waals surface area contributed by atoms with Crippen molar-refractivity contribution in [3.63, 3.8) is 0 Å². The average molecular weight is 328 g/mol. The van der Waals surface area contributed by atoms with Crippen LogP contribution in [0.3, 0.4) is 0 Å². The molecule has 0 bridgehead atoms. The van der Waals surface area contributed by atoms with Crippen LogP contribution in [0.25, 0.3) is 11.0 Å². The molecule has 21 heavy (non-hydrogen) atoms. The molecule has 2 heterocycles. The van der Waals surface area contributed by atoms with Crippen LogP contribution in [0.5, 0.6) is 0 Å². The van der Waals surface area contributed by atoms with E-state index in [-0.39, 0.29) is 5.91 Å². The molecule has 0 spiro atoms. The molecule has 8 heteroatoms. The van der Waals surface area contributed by atoms with Gasteiger partial charge in [0.25, 0.3) is 0 Å². The number of benzene rings is 1. The van der Waals surface area contributed by atoms with Crippen molar-refractivity contribution in [3.05, 3.63) is 22.2 Å². The Morgan fingerprint density at radius 2 is 1.95 bits per heavy atom. The highest BCUT2D eigenvalue weighted by molar-refractivity contribution is 6.42. The van der Waals surface area contributed by atoms with Gasteiger partial charge in [0.15, 0.2) is 0 Å². The molecule has 112 valence electrons. The van der Waals surface area contributed by atoms with E-state index >= 15 is 0 Å². The quantitative estimate of drug-likeness (QED) is 0.929. The molecular formula is C13H15Cl2N5O. The van der Waals surface area contributed by atoms with Gasteiger partial charge < -0.3 is 10.2 Å². The maximum absolute atomic E-state index is 12.1. The second kappa shape index (κ2) is 6.17. The minimum absolute atomic E-state index is 0.139. The highest BCUT2D eigenvalue weighted by atomic mass is 35.5. The van der Waals surface area contributed by atoms with Crippen LogP contribution in [0, 0.1) is 0 Å². The molecule has 1 aromatic heterocycles. The summed E-state index contributed by atoms with van der Waals surface area (Å²) in [6, 6.07) is 3.41. The Morgan fingerprint density at radius 1 is 1.24 bits per heavy atom. The zero-order valence-corrected chi connectivity index (χ0v) is 12.9. The molecule has 6 nitrogen and oxygen atoms in total. The van der Waals surface area contributed by atoms with Gasteiger partial charge in [-0.25, -0.2) is 4.68 Å². The normalized spacial score (nSPS) is 15.6. The van der Waals surface area contributed by atoms with Crippen molar-refractivity contribution in [2.45, 2.75) is 13.0 Å². The number of fused-ring (bicyclic) bond motifs is 1. The third-order valence-electron chi connectivity index (χ3n) is 3.56. The van der Waals surface area contributed by atoms with Crippen LogP contribution >= 0.6 is 23.2 Å². The van der Waals surface area contributed by atoms with E-state index < -0.39 is 0 Å². The summed E-state index contributed by atoms with van der Waals surface area (Å²) in [5.41, 5.74) is 1.47. The maximum atomic E-state index is 12.1. The van der Waals surface area contributed by atoms with E-state index in [9.17, 15) is 4.79 Å². The molecule has 1 aliphatic rings. The molecule has 0 radical (unpaired) electrons. The number of carbonyl (C=O) groups excluding carboxylic acids is 1. The fourth-order valence-corrected chi connectivity index (χ4v) is 2.72. The van der Waals surface area contributed by atoms with Crippen LogP contribution in [0.15, 0.2) is 12.1 Å². The Labute approximate surface area is 132 Å². The smallest absolute Gasteiger partial charge is 0.224 e. The Balaban J connectivity index is 1.70. The predicted molar refractivity (Wildman–Crippen MR) is 81.6 cm³/mol. The summed E-state index contributed by atoms with van der Waals surface area (Å²) in [6.45, 7) is 3.71. The standard InChI is InChI=1S/C13H15Cl2N5O/c14-9-7-11-12(8-10(9)15)20(18-17-11)4-1-13(21)19-5-2-16-3-6-19/h7-8,16H,1-6H2. The average Bonchev–Trinajstić information content (AvgIpc) is 2.88. The topological polar surface area (TPSA) is 63.1 Å². The van der Waals surface area contributed by atoms with Gasteiger partial charge in [0.1, 0.15) is 5.52 Å². The summed E-state index contributed by atoms with van der Waals surface area (Å²) in [4.78, 5) is 14.0.